The molecule has 0 saturated heterocycles. The predicted molar refractivity (Wildman–Crippen MR) is 109 cm³/mol. The number of aryl methyl sites for hydroxylation is 1. The highest BCUT2D eigenvalue weighted by Gasteiger charge is 2.23. The van der Waals surface area contributed by atoms with E-state index in [-0.39, 0.29) is 11.7 Å². The fourth-order valence-corrected chi connectivity index (χ4v) is 3.98. The van der Waals surface area contributed by atoms with Crippen LogP contribution in [-0.2, 0) is 13.6 Å². The number of hydrogen-bond donors (Lipinski definition) is 2. The Labute approximate surface area is 163 Å². The Morgan fingerprint density at radius 2 is 2.07 bits per heavy atom. The van der Waals surface area contributed by atoms with Gasteiger partial charge in [0.05, 0.1) is 11.1 Å². The number of aromatic amines is 1. The van der Waals surface area contributed by atoms with Gasteiger partial charge in [0, 0.05) is 43.6 Å². The number of pyridine rings is 1. The van der Waals surface area contributed by atoms with Crippen LogP contribution in [0.1, 0.15) is 31.2 Å². The average molecular weight is 386 g/mol. The fourth-order valence-electron chi connectivity index (χ4n) is 3.77. The summed E-state index contributed by atoms with van der Waals surface area (Å²) in [6.45, 7) is 0.905. The van der Waals surface area contributed by atoms with Gasteiger partial charge in [0.1, 0.15) is 5.75 Å². The molecule has 0 spiro atoms. The van der Waals surface area contributed by atoms with E-state index in [1.54, 1.807) is 12.3 Å². The summed E-state index contributed by atoms with van der Waals surface area (Å²) in [5.41, 5.74) is 1.18. The number of nitrogens with zero attached hydrogens (tertiary/aromatic N) is 1. The lowest BCUT2D eigenvalue weighted by Gasteiger charge is -2.30. The zero-order valence-electron chi connectivity index (χ0n) is 15.4. The van der Waals surface area contributed by atoms with E-state index in [1.165, 1.54) is 5.56 Å². The average Bonchev–Trinajstić information content (AvgIpc) is 3.08. The number of H-pyrrole nitrogens is 1. The van der Waals surface area contributed by atoms with Gasteiger partial charge in [0.2, 0.25) is 0 Å². The first kappa shape index (κ1) is 18.1. The molecule has 4 rings (SSSR count). The molecule has 0 aliphatic heterocycles. The smallest absolute Gasteiger partial charge is 0.255 e. The lowest BCUT2D eigenvalue weighted by Crippen LogP contribution is -2.35. The maximum atomic E-state index is 11.9. The van der Waals surface area contributed by atoms with Crippen molar-refractivity contribution in [3.8, 4) is 5.75 Å². The van der Waals surface area contributed by atoms with Gasteiger partial charge in [-0.3, -0.25) is 4.79 Å². The summed E-state index contributed by atoms with van der Waals surface area (Å²) in [4.78, 5) is 14.5. The van der Waals surface area contributed by atoms with Gasteiger partial charge in [-0.05, 0) is 60.9 Å². The molecule has 2 N–H and O–H groups in total. The minimum atomic E-state index is -0.133. The van der Waals surface area contributed by atoms with E-state index in [1.807, 2.05) is 19.2 Å². The topological polar surface area (TPSA) is 59.1 Å². The van der Waals surface area contributed by atoms with Crippen LogP contribution in [0.2, 0.25) is 5.02 Å². The van der Waals surface area contributed by atoms with E-state index < -0.39 is 0 Å². The van der Waals surface area contributed by atoms with E-state index in [2.05, 4.69) is 33.3 Å². The van der Waals surface area contributed by atoms with E-state index in [4.69, 9.17) is 16.3 Å². The summed E-state index contributed by atoms with van der Waals surface area (Å²) < 4.78 is 8.25. The van der Waals surface area contributed by atoms with E-state index in [0.717, 1.165) is 37.6 Å². The summed E-state index contributed by atoms with van der Waals surface area (Å²) in [5, 5.41) is 5.56. The number of fused-ring (bicyclic) bond motifs is 1. The number of rotatable bonds is 5. The van der Waals surface area contributed by atoms with E-state index >= 15 is 0 Å². The summed E-state index contributed by atoms with van der Waals surface area (Å²) in [7, 11) is 2.04. The van der Waals surface area contributed by atoms with Crippen LogP contribution < -0.4 is 15.6 Å². The second kappa shape index (κ2) is 7.79. The molecule has 1 aromatic carbocycles. The molecule has 2 aromatic heterocycles. The molecular formula is C21H24ClN3O2. The molecule has 2 heterocycles. The molecule has 0 unspecified atom stereocenters. The van der Waals surface area contributed by atoms with Crippen molar-refractivity contribution in [2.24, 2.45) is 7.05 Å². The molecule has 1 fully saturated rings. The molecule has 0 amide bonds. The zero-order chi connectivity index (χ0) is 18.8. The molecular weight excluding hydrogens is 362 g/mol. The van der Waals surface area contributed by atoms with Gasteiger partial charge in [-0.1, -0.05) is 11.6 Å². The Morgan fingerprint density at radius 3 is 2.81 bits per heavy atom. The van der Waals surface area contributed by atoms with Crippen LogP contribution in [-0.4, -0.2) is 21.7 Å². The van der Waals surface area contributed by atoms with E-state index in [9.17, 15) is 4.79 Å². The Kier molecular flexibility index (Phi) is 5.23. The normalized spacial score (nSPS) is 20.1. The minimum absolute atomic E-state index is 0.133. The van der Waals surface area contributed by atoms with Crippen molar-refractivity contribution in [3.05, 3.63) is 63.8 Å². The number of benzene rings is 1. The highest BCUT2D eigenvalue weighted by atomic mass is 35.5. The first-order valence-corrected chi connectivity index (χ1v) is 9.78. The van der Waals surface area contributed by atoms with Crippen LogP contribution in [0.3, 0.4) is 0 Å². The second-order valence-electron chi connectivity index (χ2n) is 7.33. The third-order valence-corrected chi connectivity index (χ3v) is 5.58. The van der Waals surface area contributed by atoms with Gasteiger partial charge in [-0.2, -0.15) is 0 Å². The van der Waals surface area contributed by atoms with Crippen molar-refractivity contribution in [1.82, 2.24) is 14.9 Å². The Bertz CT molecular complexity index is 987. The number of halogens is 1. The first-order valence-electron chi connectivity index (χ1n) is 9.40. The molecule has 3 aromatic rings. The summed E-state index contributed by atoms with van der Waals surface area (Å²) in [6.07, 6.45) is 10.2. The first-order chi connectivity index (χ1) is 13.1. The molecule has 142 valence electrons. The van der Waals surface area contributed by atoms with Gasteiger partial charge >= 0.3 is 0 Å². The minimum Gasteiger partial charge on any atom is -0.489 e. The van der Waals surface area contributed by atoms with Crippen molar-refractivity contribution >= 4 is 22.4 Å². The van der Waals surface area contributed by atoms with Crippen molar-refractivity contribution in [3.63, 3.8) is 0 Å². The SMILES string of the molecule is Cn1ccc(CN[C@H]2CC[C@@H](Oc3cc4cc[nH]c(=O)c4cc3Cl)CC2)c1. The monoisotopic (exact) mass is 385 g/mol. The number of ether oxygens (including phenoxy) is 1. The number of nitrogens with one attached hydrogen (secondary N) is 2. The molecule has 1 aliphatic rings. The van der Waals surface area contributed by atoms with Gasteiger partial charge in [-0.25, -0.2) is 0 Å². The third-order valence-electron chi connectivity index (χ3n) is 5.28. The van der Waals surface area contributed by atoms with Crippen LogP contribution in [0.5, 0.6) is 5.75 Å². The summed E-state index contributed by atoms with van der Waals surface area (Å²) >= 11 is 6.35. The predicted octanol–water partition coefficient (Wildman–Crippen LogP) is 4.00. The van der Waals surface area contributed by atoms with E-state index in [0.29, 0.717) is 22.2 Å². The third kappa shape index (κ3) is 4.20. The molecule has 1 aliphatic carbocycles. The van der Waals surface area contributed by atoms with Gasteiger partial charge in [0.25, 0.3) is 5.56 Å². The Morgan fingerprint density at radius 1 is 1.26 bits per heavy atom. The molecule has 0 bridgehead atoms. The Hall–Kier alpha value is -2.24. The summed E-state index contributed by atoms with van der Waals surface area (Å²) in [5.74, 6) is 0.662. The van der Waals surface area contributed by atoms with Crippen molar-refractivity contribution < 1.29 is 4.74 Å². The quantitative estimate of drug-likeness (QED) is 0.697. The van der Waals surface area contributed by atoms with Gasteiger partial charge in [-0.15, -0.1) is 0 Å². The molecule has 6 heteroatoms. The van der Waals surface area contributed by atoms with Crippen LogP contribution in [0.4, 0.5) is 0 Å². The lowest BCUT2D eigenvalue weighted by molar-refractivity contribution is 0.139. The van der Waals surface area contributed by atoms with Crippen LogP contribution >= 0.6 is 11.6 Å². The standard InChI is InChI=1S/C21H24ClN3O2/c1-25-9-7-14(13-25)12-24-16-2-4-17(5-3-16)27-20-10-15-6-8-23-21(26)18(15)11-19(20)22/h6-11,13,16-17,24H,2-5,12H2,1H3,(H,23,26)/t16-,17+. The molecule has 0 atom stereocenters. The van der Waals surface area contributed by atoms with Gasteiger partial charge in [0.15, 0.2) is 0 Å². The Balaban J connectivity index is 1.34. The van der Waals surface area contributed by atoms with Crippen LogP contribution in [0.15, 0.2) is 47.7 Å². The second-order valence-corrected chi connectivity index (χ2v) is 7.74. The highest BCUT2D eigenvalue weighted by molar-refractivity contribution is 6.32. The number of aromatic nitrogens is 2. The molecule has 27 heavy (non-hydrogen) atoms. The largest absolute Gasteiger partial charge is 0.489 e. The maximum absolute atomic E-state index is 11.9. The molecule has 0 radical (unpaired) electrons. The van der Waals surface area contributed by atoms with Crippen molar-refractivity contribution in [2.75, 3.05) is 0 Å². The highest BCUT2D eigenvalue weighted by Crippen LogP contribution is 2.32. The summed E-state index contributed by atoms with van der Waals surface area (Å²) in [6, 6.07) is 8.10. The molecule has 1 saturated carbocycles. The van der Waals surface area contributed by atoms with Gasteiger partial charge < -0.3 is 19.6 Å². The maximum Gasteiger partial charge on any atom is 0.255 e. The fraction of sp³-hybridized carbons (Fsp3) is 0.381. The van der Waals surface area contributed by atoms with Crippen molar-refractivity contribution in [2.45, 2.75) is 44.4 Å². The molecule has 5 nitrogen and oxygen atoms in total. The lowest BCUT2D eigenvalue weighted by atomic mass is 9.93. The van der Waals surface area contributed by atoms with Crippen LogP contribution in [0, 0.1) is 0 Å². The van der Waals surface area contributed by atoms with Crippen molar-refractivity contribution in [1.29, 1.82) is 0 Å². The zero-order valence-corrected chi connectivity index (χ0v) is 16.1. The number of hydrogen-bond acceptors (Lipinski definition) is 3. The van der Waals surface area contributed by atoms with Crippen LogP contribution in [0.25, 0.3) is 10.8 Å².